The van der Waals surface area contributed by atoms with Gasteiger partial charge in [0.25, 0.3) is 11.8 Å². The van der Waals surface area contributed by atoms with Crippen LogP contribution in [0.5, 0.6) is 11.5 Å². The fraction of sp³-hybridized carbons (Fsp3) is 0.250. The number of rotatable bonds is 11. The van der Waals surface area contributed by atoms with Crippen LogP contribution in [0, 0.1) is 0 Å². The minimum absolute atomic E-state index is 0.0552. The van der Waals surface area contributed by atoms with Crippen LogP contribution in [-0.2, 0) is 24.0 Å². The van der Waals surface area contributed by atoms with Gasteiger partial charge in [0.2, 0.25) is 6.10 Å². The Morgan fingerprint density at radius 1 is 1.23 bits per heavy atom. The van der Waals surface area contributed by atoms with Crippen molar-refractivity contribution in [3.05, 3.63) is 69.7 Å². The number of aliphatic carboxylic acids is 2. The molecule has 3 aliphatic heterocycles. The summed E-state index contributed by atoms with van der Waals surface area (Å²) in [6, 6.07) is 2.01. The lowest BCUT2D eigenvalue weighted by atomic mass is 10.0. The lowest BCUT2D eigenvalue weighted by Gasteiger charge is -2.49. The van der Waals surface area contributed by atoms with Gasteiger partial charge in [-0.05, 0) is 24.6 Å². The van der Waals surface area contributed by atoms with Crippen LogP contribution in [0.4, 0.5) is 5.13 Å². The van der Waals surface area contributed by atoms with Gasteiger partial charge >= 0.3 is 11.9 Å². The van der Waals surface area contributed by atoms with Crippen LogP contribution in [0.25, 0.3) is 0 Å². The third-order valence-corrected chi connectivity index (χ3v) is 9.40. The number of amides is 2. The number of nitrogens with zero attached hydrogens (tertiary/aromatic N) is 5. The number of hydrogen-bond donors (Lipinski definition) is 8. The number of oxime groups is 1. The van der Waals surface area contributed by atoms with Gasteiger partial charge in [-0.2, -0.15) is 0 Å². The first-order chi connectivity index (χ1) is 22.8. The summed E-state index contributed by atoms with van der Waals surface area (Å²) in [5, 5.41) is 46.0. The summed E-state index contributed by atoms with van der Waals surface area (Å²) in [6.45, 7) is 2.04. The summed E-state index contributed by atoms with van der Waals surface area (Å²) in [4.78, 5) is 67.0. The van der Waals surface area contributed by atoms with E-state index in [0.717, 1.165) is 28.4 Å². The highest BCUT2D eigenvalue weighted by molar-refractivity contribution is 8.00. The molecule has 3 unspecified atom stereocenters. The zero-order valence-electron chi connectivity index (χ0n) is 24.9. The van der Waals surface area contributed by atoms with Gasteiger partial charge in [0.05, 0.1) is 6.34 Å². The van der Waals surface area contributed by atoms with Crippen molar-refractivity contribution in [2.45, 2.75) is 30.6 Å². The molecule has 252 valence electrons. The van der Waals surface area contributed by atoms with Crippen molar-refractivity contribution in [2.24, 2.45) is 21.6 Å². The van der Waals surface area contributed by atoms with E-state index < -0.39 is 64.6 Å². The second-order valence-corrected chi connectivity index (χ2v) is 12.5. The molecule has 0 radical (unpaired) electrons. The number of nitrogens with one attached hydrogen (secondary N) is 1. The van der Waals surface area contributed by atoms with E-state index in [2.05, 4.69) is 20.4 Å². The van der Waals surface area contributed by atoms with E-state index >= 15 is 0 Å². The number of β-lactam (4-membered cyclic amide) rings is 1. The number of anilines is 1. The van der Waals surface area contributed by atoms with E-state index in [1.165, 1.54) is 29.5 Å². The first-order valence-electron chi connectivity index (χ1n) is 13.9. The smallest absolute Gasteiger partial charge is 0.352 e. The number of carbonyl (C=O) groups excluding carboxylic acids is 2. The molecule has 4 heterocycles. The predicted molar refractivity (Wildman–Crippen MR) is 173 cm³/mol. The molecule has 1 aromatic heterocycles. The second-order valence-electron chi connectivity index (χ2n) is 10.5. The quantitative estimate of drug-likeness (QED) is 0.0652. The van der Waals surface area contributed by atoms with E-state index in [4.69, 9.17) is 22.0 Å². The van der Waals surface area contributed by atoms with E-state index in [1.54, 1.807) is 24.0 Å². The maximum absolute atomic E-state index is 13.5. The van der Waals surface area contributed by atoms with Gasteiger partial charge in [-0.3, -0.25) is 14.5 Å². The Kier molecular flexibility index (Phi) is 9.59. The monoisotopic (exact) mass is 699 g/mol. The highest BCUT2D eigenvalue weighted by Gasteiger charge is 2.54. The predicted octanol–water partition coefficient (Wildman–Crippen LogP) is -0.203. The second kappa shape index (κ2) is 13.6. The minimum atomic E-state index is -1.82. The molecule has 2 amide bonds. The summed E-state index contributed by atoms with van der Waals surface area (Å²) in [5.41, 5.74) is 17.8. The molecule has 0 spiro atoms. The van der Waals surface area contributed by atoms with Crippen molar-refractivity contribution in [3.63, 3.8) is 0 Å². The Morgan fingerprint density at radius 3 is 2.62 bits per heavy atom. The summed E-state index contributed by atoms with van der Waals surface area (Å²) < 4.78 is 0. The van der Waals surface area contributed by atoms with Crippen LogP contribution in [0.1, 0.15) is 24.3 Å². The molecule has 5 rings (SSSR count). The van der Waals surface area contributed by atoms with E-state index in [9.17, 15) is 39.6 Å². The number of phenols is 2. The number of phenolic OH excluding ortho intramolecular Hbond substituents is 2. The summed E-state index contributed by atoms with van der Waals surface area (Å²) in [5.74, 6) is -5.14. The van der Waals surface area contributed by atoms with Gasteiger partial charge in [-0.15, -0.1) is 23.1 Å². The number of benzene rings is 1. The number of allylic oxidation sites excluding steroid dienone is 1. The van der Waals surface area contributed by atoms with E-state index in [0.29, 0.717) is 17.0 Å². The fourth-order valence-electron chi connectivity index (χ4n) is 4.83. The van der Waals surface area contributed by atoms with Crippen LogP contribution >= 0.6 is 23.1 Å². The summed E-state index contributed by atoms with van der Waals surface area (Å²) in [7, 11) is 0. The normalized spacial score (nSPS) is 21.7. The average molecular weight is 700 g/mol. The third kappa shape index (κ3) is 6.61. The fourth-order valence-corrected chi connectivity index (χ4v) is 6.69. The van der Waals surface area contributed by atoms with Crippen molar-refractivity contribution in [1.82, 2.24) is 20.1 Å². The molecule has 2 aromatic rings. The third-order valence-electron chi connectivity index (χ3n) is 7.43. The molecular weight excluding hydrogens is 670 g/mol. The van der Waals surface area contributed by atoms with Gasteiger partial charge in [0.15, 0.2) is 22.3 Å². The molecule has 1 saturated heterocycles. The van der Waals surface area contributed by atoms with Crippen LogP contribution in [0.15, 0.2) is 68.5 Å². The van der Waals surface area contributed by atoms with Crippen LogP contribution < -0.4 is 22.5 Å². The number of carboxylic acids is 2. The van der Waals surface area contributed by atoms with E-state index in [-0.39, 0.29) is 34.4 Å². The Morgan fingerprint density at radius 2 is 1.98 bits per heavy atom. The van der Waals surface area contributed by atoms with Crippen molar-refractivity contribution >= 4 is 64.0 Å². The zero-order valence-corrected chi connectivity index (χ0v) is 26.5. The molecule has 0 saturated carbocycles. The first-order valence-corrected chi connectivity index (χ1v) is 15.8. The van der Waals surface area contributed by atoms with Crippen molar-refractivity contribution in [3.8, 4) is 11.5 Å². The average Bonchev–Trinajstić information content (AvgIpc) is 3.48. The van der Waals surface area contributed by atoms with Crippen molar-refractivity contribution in [1.29, 1.82) is 0 Å². The van der Waals surface area contributed by atoms with Crippen molar-refractivity contribution in [2.75, 3.05) is 18.0 Å². The molecule has 0 aliphatic carbocycles. The molecule has 11 N–H and O–H groups in total. The van der Waals surface area contributed by atoms with E-state index in [1.807, 2.05) is 0 Å². The number of thioether (sulfide) groups is 1. The van der Waals surface area contributed by atoms with Gasteiger partial charge in [-0.25, -0.2) is 19.6 Å². The number of aliphatic imine (C=N–C) groups is 1. The molecule has 20 heteroatoms. The Balaban J connectivity index is 1.33. The number of thiazole rings is 1. The number of aromatic nitrogens is 1. The molecule has 4 atom stereocenters. The van der Waals surface area contributed by atoms with Gasteiger partial charge in [-0.1, -0.05) is 23.4 Å². The maximum atomic E-state index is 13.5. The molecule has 1 aromatic carbocycles. The molecule has 1 fully saturated rings. The molecule has 18 nitrogen and oxygen atoms in total. The van der Waals surface area contributed by atoms with Gasteiger partial charge in [0, 0.05) is 28.8 Å². The van der Waals surface area contributed by atoms with Crippen LogP contribution in [0.3, 0.4) is 0 Å². The number of aromatic hydroxyl groups is 2. The Bertz CT molecular complexity index is 1840. The van der Waals surface area contributed by atoms with Crippen LogP contribution in [0.2, 0.25) is 0 Å². The first kappa shape index (κ1) is 33.8. The number of carboxylic acid groups (broad SMARTS) is 2. The Hall–Kier alpha value is -5.60. The standard InChI is InChI=1S/C28H29N9O9S2/c1-11-21(29)32-10-36(22(11)30)6-2-3-13-8-47-25-18(24(41)37(25)19(13)26(42)43)34-23(40)17(14-9-48-28(31)33-14)35-46-20(27(44)45)12-4-5-15(38)16(39)7-12/h2-5,7,9-10,18,20,22,25,38-39H,6,8,29-30H2,1H3,(H2,31,33)(H,34,40)(H,42,43)(H,44,45)/b3-2+,35-17-/t18?,20?,22?,25-/m0/s1. The minimum Gasteiger partial charge on any atom is -0.504 e. The largest absolute Gasteiger partial charge is 0.504 e. The number of fused-ring (bicyclic) bond motifs is 1. The SMILES string of the molecule is CC1=C(N)N=CN(C/C=C/C2=C(C(=O)O)N3C(=O)C(NC(=O)/C(=N\OC(C(=O)O)c4ccc(O)c(O)c4)c4csc(N)n4)[C@@H]3SC2)C1N. The lowest BCUT2D eigenvalue weighted by molar-refractivity contribution is -0.151. The van der Waals surface area contributed by atoms with Crippen molar-refractivity contribution < 1.29 is 44.4 Å². The maximum Gasteiger partial charge on any atom is 0.352 e. The Labute approximate surface area is 279 Å². The number of carbonyl (C=O) groups is 4. The molecular formula is C28H29N9O9S2. The lowest BCUT2D eigenvalue weighted by Crippen LogP contribution is -2.71. The zero-order chi connectivity index (χ0) is 34.9. The highest BCUT2D eigenvalue weighted by atomic mass is 32.2. The molecule has 3 aliphatic rings. The number of hydrogen-bond acceptors (Lipinski definition) is 16. The summed E-state index contributed by atoms with van der Waals surface area (Å²) in [6.07, 6.45) is 2.43. The van der Waals surface area contributed by atoms with Gasteiger partial charge < -0.3 is 52.7 Å². The number of nitrogens with two attached hydrogens (primary N) is 3. The van der Waals surface area contributed by atoms with Crippen LogP contribution in [-0.4, -0.2) is 101 Å². The number of nitrogen functional groups attached to an aromatic ring is 1. The molecule has 0 bridgehead atoms. The highest BCUT2D eigenvalue weighted by Crippen LogP contribution is 2.41. The summed E-state index contributed by atoms with van der Waals surface area (Å²) >= 11 is 2.18. The molecule has 48 heavy (non-hydrogen) atoms. The van der Waals surface area contributed by atoms with Gasteiger partial charge in [0.1, 0.15) is 34.8 Å². The topological polar surface area (TPSA) is 293 Å².